The van der Waals surface area contributed by atoms with E-state index in [-0.39, 0.29) is 11.8 Å². The third-order valence-corrected chi connectivity index (χ3v) is 6.22. The van der Waals surface area contributed by atoms with Gasteiger partial charge in [-0.15, -0.1) is 0 Å². The Hall–Kier alpha value is -2.77. The molecule has 0 spiro atoms. The van der Waals surface area contributed by atoms with E-state index in [0.29, 0.717) is 26.2 Å². The quantitative estimate of drug-likeness (QED) is 0.816. The van der Waals surface area contributed by atoms with Gasteiger partial charge in [0.15, 0.2) is 0 Å². The number of carbonyl (C=O) groups is 1. The van der Waals surface area contributed by atoms with Gasteiger partial charge in [-0.2, -0.15) is 0 Å². The maximum Gasteiger partial charge on any atom is 0.231 e. The van der Waals surface area contributed by atoms with Crippen molar-refractivity contribution in [3.8, 4) is 5.75 Å². The molecule has 5 rings (SSSR count). The minimum atomic E-state index is -0.202. The van der Waals surface area contributed by atoms with Crippen LogP contribution >= 0.6 is 0 Å². The lowest BCUT2D eigenvalue weighted by atomic mass is 9.96. The fourth-order valence-electron chi connectivity index (χ4n) is 4.44. The molecule has 0 bridgehead atoms. The third-order valence-electron chi connectivity index (χ3n) is 6.22. The molecule has 0 aliphatic carbocycles. The molecule has 1 atom stereocenters. The number of benzene rings is 2. The molecule has 1 N–H and O–H groups in total. The van der Waals surface area contributed by atoms with Crippen LogP contribution in [0.1, 0.15) is 5.56 Å². The zero-order chi connectivity index (χ0) is 21.0. The average Bonchev–Trinajstić information content (AvgIpc) is 2.85. The Labute approximate surface area is 182 Å². The summed E-state index contributed by atoms with van der Waals surface area (Å²) in [5.74, 6) is 0.685. The summed E-state index contributed by atoms with van der Waals surface area (Å²) >= 11 is 0. The second kappa shape index (κ2) is 9.16. The molecule has 0 aromatic heterocycles. The van der Waals surface area contributed by atoms with Gasteiger partial charge in [-0.25, -0.2) is 0 Å². The lowest BCUT2D eigenvalue weighted by molar-refractivity contribution is -0.121. The van der Waals surface area contributed by atoms with E-state index in [0.717, 1.165) is 67.8 Å². The number of amides is 1. The lowest BCUT2D eigenvalue weighted by Crippen LogP contribution is -2.39. The van der Waals surface area contributed by atoms with Crippen molar-refractivity contribution in [1.82, 2.24) is 0 Å². The highest BCUT2D eigenvalue weighted by Crippen LogP contribution is 2.33. The molecule has 3 aliphatic heterocycles. The molecule has 2 fully saturated rings. The first-order valence-electron chi connectivity index (χ1n) is 11.1. The van der Waals surface area contributed by atoms with E-state index >= 15 is 0 Å². The Balaban J connectivity index is 1.36. The highest BCUT2D eigenvalue weighted by molar-refractivity contribution is 5.97. The summed E-state index contributed by atoms with van der Waals surface area (Å²) in [7, 11) is 0. The number of para-hydroxylation sites is 1. The summed E-state index contributed by atoms with van der Waals surface area (Å²) < 4.78 is 16.9. The van der Waals surface area contributed by atoms with Gasteiger partial charge in [0.2, 0.25) is 5.91 Å². The van der Waals surface area contributed by atoms with Gasteiger partial charge < -0.3 is 29.3 Å². The Morgan fingerprint density at radius 2 is 1.61 bits per heavy atom. The van der Waals surface area contributed by atoms with E-state index in [2.05, 4.69) is 27.2 Å². The first-order valence-corrected chi connectivity index (χ1v) is 11.1. The molecular formula is C24H29N3O4. The van der Waals surface area contributed by atoms with Crippen LogP contribution in [-0.2, 0) is 20.7 Å². The number of hydrogen-bond acceptors (Lipinski definition) is 6. The minimum absolute atomic E-state index is 0.00290. The van der Waals surface area contributed by atoms with Crippen LogP contribution in [0.4, 0.5) is 17.1 Å². The highest BCUT2D eigenvalue weighted by atomic mass is 16.5. The number of fused-ring (bicyclic) bond motifs is 1. The number of anilines is 3. The monoisotopic (exact) mass is 423 g/mol. The summed E-state index contributed by atoms with van der Waals surface area (Å²) in [6.45, 7) is 6.68. The molecule has 2 saturated heterocycles. The van der Waals surface area contributed by atoms with Crippen LogP contribution in [0.5, 0.6) is 5.75 Å². The van der Waals surface area contributed by atoms with E-state index in [1.807, 2.05) is 30.3 Å². The zero-order valence-corrected chi connectivity index (χ0v) is 17.7. The normalized spacial score (nSPS) is 21.2. The predicted octanol–water partition coefficient (Wildman–Crippen LogP) is 2.55. The molecule has 0 unspecified atom stereocenters. The van der Waals surface area contributed by atoms with Crippen LogP contribution in [0.3, 0.4) is 0 Å². The highest BCUT2D eigenvalue weighted by Gasteiger charge is 2.27. The number of carbonyl (C=O) groups excluding carboxylic acids is 1. The molecule has 3 heterocycles. The van der Waals surface area contributed by atoms with Gasteiger partial charge in [0.05, 0.1) is 43.7 Å². The number of ether oxygens (including phenoxy) is 3. The van der Waals surface area contributed by atoms with Gasteiger partial charge in [-0.05, 0) is 36.2 Å². The molecule has 0 radical (unpaired) electrons. The molecule has 31 heavy (non-hydrogen) atoms. The van der Waals surface area contributed by atoms with Crippen molar-refractivity contribution < 1.29 is 19.0 Å². The van der Waals surface area contributed by atoms with Crippen molar-refractivity contribution in [2.75, 3.05) is 74.3 Å². The summed E-state index contributed by atoms with van der Waals surface area (Å²) in [4.78, 5) is 17.8. The van der Waals surface area contributed by atoms with Gasteiger partial charge in [-0.3, -0.25) is 4.79 Å². The Morgan fingerprint density at radius 3 is 2.39 bits per heavy atom. The average molecular weight is 424 g/mol. The predicted molar refractivity (Wildman–Crippen MR) is 120 cm³/mol. The smallest absolute Gasteiger partial charge is 0.231 e. The second-order valence-corrected chi connectivity index (χ2v) is 8.21. The molecule has 1 amide bonds. The van der Waals surface area contributed by atoms with E-state index in [1.165, 1.54) is 0 Å². The minimum Gasteiger partial charge on any atom is -0.492 e. The summed E-state index contributed by atoms with van der Waals surface area (Å²) in [5, 5.41) is 3.19. The number of morpholine rings is 2. The number of nitrogens with zero attached hydrogens (tertiary/aromatic N) is 2. The van der Waals surface area contributed by atoms with Gasteiger partial charge in [0.25, 0.3) is 0 Å². The number of rotatable bonds is 4. The zero-order valence-electron chi connectivity index (χ0n) is 17.7. The van der Waals surface area contributed by atoms with E-state index < -0.39 is 0 Å². The standard InChI is InChI=1S/C24H29N3O4/c28-24(19-15-18-3-1-2-4-23(18)31-17-19)25-21-6-5-20(26-7-11-29-12-8-26)16-22(21)27-9-13-30-14-10-27/h1-6,16,19H,7-15,17H2,(H,25,28)/t19-/m1/s1. The van der Waals surface area contributed by atoms with Crippen molar-refractivity contribution in [1.29, 1.82) is 0 Å². The van der Waals surface area contributed by atoms with Crippen LogP contribution in [0, 0.1) is 5.92 Å². The van der Waals surface area contributed by atoms with Crippen LogP contribution in [0.15, 0.2) is 42.5 Å². The first kappa shape index (κ1) is 20.2. The van der Waals surface area contributed by atoms with Crippen molar-refractivity contribution >= 4 is 23.0 Å². The summed E-state index contributed by atoms with van der Waals surface area (Å²) in [5.41, 5.74) is 4.16. The van der Waals surface area contributed by atoms with Crippen molar-refractivity contribution in [2.24, 2.45) is 5.92 Å². The Morgan fingerprint density at radius 1 is 0.903 bits per heavy atom. The van der Waals surface area contributed by atoms with E-state index in [9.17, 15) is 4.79 Å². The van der Waals surface area contributed by atoms with Gasteiger partial charge in [0, 0.05) is 31.9 Å². The van der Waals surface area contributed by atoms with Crippen LogP contribution in [0.2, 0.25) is 0 Å². The molecule has 7 nitrogen and oxygen atoms in total. The Kier molecular flexibility index (Phi) is 5.95. The molecule has 2 aromatic rings. The summed E-state index contributed by atoms with van der Waals surface area (Å²) in [6, 6.07) is 14.3. The van der Waals surface area contributed by atoms with Crippen molar-refractivity contribution in [3.63, 3.8) is 0 Å². The van der Waals surface area contributed by atoms with Crippen LogP contribution in [-0.4, -0.2) is 65.1 Å². The maximum atomic E-state index is 13.1. The van der Waals surface area contributed by atoms with Crippen LogP contribution < -0.4 is 19.9 Å². The van der Waals surface area contributed by atoms with E-state index in [4.69, 9.17) is 14.2 Å². The second-order valence-electron chi connectivity index (χ2n) is 8.21. The number of hydrogen-bond donors (Lipinski definition) is 1. The maximum absolute atomic E-state index is 13.1. The molecular weight excluding hydrogens is 394 g/mol. The van der Waals surface area contributed by atoms with Gasteiger partial charge in [-0.1, -0.05) is 18.2 Å². The van der Waals surface area contributed by atoms with Crippen LogP contribution in [0.25, 0.3) is 0 Å². The van der Waals surface area contributed by atoms with Crippen molar-refractivity contribution in [3.05, 3.63) is 48.0 Å². The fraction of sp³-hybridized carbons (Fsp3) is 0.458. The first-order chi connectivity index (χ1) is 15.3. The SMILES string of the molecule is O=C(Nc1ccc(N2CCOCC2)cc1N1CCOCC1)[C@H]1COc2ccccc2C1. The van der Waals surface area contributed by atoms with Gasteiger partial charge >= 0.3 is 0 Å². The largest absolute Gasteiger partial charge is 0.492 e. The lowest BCUT2D eigenvalue weighted by Gasteiger charge is -2.34. The topological polar surface area (TPSA) is 63.3 Å². The van der Waals surface area contributed by atoms with E-state index in [1.54, 1.807) is 0 Å². The fourth-order valence-corrected chi connectivity index (χ4v) is 4.44. The third kappa shape index (κ3) is 4.48. The summed E-state index contributed by atoms with van der Waals surface area (Å²) in [6.07, 6.45) is 0.695. The molecule has 164 valence electrons. The number of nitrogens with one attached hydrogen (secondary N) is 1. The molecule has 2 aromatic carbocycles. The van der Waals surface area contributed by atoms with Crippen molar-refractivity contribution in [2.45, 2.75) is 6.42 Å². The van der Waals surface area contributed by atoms with Gasteiger partial charge in [0.1, 0.15) is 12.4 Å². The molecule has 7 heteroatoms. The molecule has 0 saturated carbocycles. The molecule has 3 aliphatic rings. The Bertz CT molecular complexity index is 923.